The topological polar surface area (TPSA) is 71.7 Å². The van der Waals surface area contributed by atoms with E-state index in [-0.39, 0.29) is 12.1 Å². The van der Waals surface area contributed by atoms with Crippen molar-refractivity contribution in [2.24, 2.45) is 0 Å². The van der Waals surface area contributed by atoms with Crippen molar-refractivity contribution in [1.29, 1.82) is 0 Å². The first-order valence-electron chi connectivity index (χ1n) is 8.23. The number of aromatic nitrogens is 2. The van der Waals surface area contributed by atoms with Crippen LogP contribution in [-0.2, 0) is 4.74 Å². The van der Waals surface area contributed by atoms with E-state index >= 15 is 0 Å². The van der Waals surface area contributed by atoms with Crippen LogP contribution in [0.3, 0.4) is 0 Å². The maximum atomic E-state index is 11.7. The van der Waals surface area contributed by atoms with Crippen molar-refractivity contribution in [2.75, 3.05) is 32.8 Å². The number of carbonyl (C=O) groups excluding carboxylic acids is 1. The van der Waals surface area contributed by atoms with E-state index < -0.39 is 0 Å². The van der Waals surface area contributed by atoms with Crippen LogP contribution in [0.2, 0.25) is 0 Å². The van der Waals surface area contributed by atoms with Gasteiger partial charge in [-0.05, 0) is 13.8 Å². The van der Waals surface area contributed by atoms with Gasteiger partial charge < -0.3 is 14.2 Å². The lowest BCUT2D eigenvalue weighted by Gasteiger charge is -2.36. The Balaban J connectivity index is 1.61. The van der Waals surface area contributed by atoms with Crippen molar-refractivity contribution < 1.29 is 14.1 Å². The number of ether oxygens (including phenoxy) is 1. The molecule has 0 saturated carbocycles. The third-order valence-electron chi connectivity index (χ3n) is 4.22. The van der Waals surface area contributed by atoms with Gasteiger partial charge in [0.05, 0.1) is 12.6 Å². The summed E-state index contributed by atoms with van der Waals surface area (Å²) in [6.45, 7) is 7.05. The van der Waals surface area contributed by atoms with E-state index in [9.17, 15) is 4.79 Å². The summed E-state index contributed by atoms with van der Waals surface area (Å²) >= 11 is 0. The average molecular weight is 330 g/mol. The maximum absolute atomic E-state index is 11.7. The van der Waals surface area contributed by atoms with Crippen LogP contribution < -0.4 is 0 Å². The number of benzene rings is 1. The van der Waals surface area contributed by atoms with Gasteiger partial charge in [-0.3, -0.25) is 4.90 Å². The normalized spacial score (nSPS) is 16.8. The molecule has 0 bridgehead atoms. The van der Waals surface area contributed by atoms with Crippen molar-refractivity contribution in [3.8, 4) is 11.4 Å². The molecule has 0 N–H and O–H groups in total. The molecule has 24 heavy (non-hydrogen) atoms. The molecule has 128 valence electrons. The second-order valence-electron chi connectivity index (χ2n) is 5.72. The number of amides is 1. The molecule has 0 unspecified atom stereocenters. The van der Waals surface area contributed by atoms with Crippen molar-refractivity contribution in [3.63, 3.8) is 0 Å². The molecule has 1 aliphatic rings. The SMILES string of the molecule is CCOC(=O)N1CCN([C@H](C)c2nc(-c3ccccc3)no2)CC1. The molecular weight excluding hydrogens is 308 g/mol. The van der Waals surface area contributed by atoms with E-state index in [4.69, 9.17) is 9.26 Å². The van der Waals surface area contributed by atoms with E-state index in [1.807, 2.05) is 44.2 Å². The van der Waals surface area contributed by atoms with E-state index in [1.54, 1.807) is 4.90 Å². The molecule has 2 heterocycles. The van der Waals surface area contributed by atoms with Crippen molar-refractivity contribution in [1.82, 2.24) is 19.9 Å². The number of piperazine rings is 1. The van der Waals surface area contributed by atoms with Crippen LogP contribution in [0, 0.1) is 0 Å². The van der Waals surface area contributed by atoms with E-state index in [0.717, 1.165) is 18.7 Å². The molecule has 0 aliphatic carbocycles. The molecule has 0 radical (unpaired) electrons. The van der Waals surface area contributed by atoms with Crippen LogP contribution in [0.1, 0.15) is 25.8 Å². The fourth-order valence-corrected chi connectivity index (χ4v) is 2.77. The third-order valence-corrected chi connectivity index (χ3v) is 4.22. The number of nitrogens with zero attached hydrogens (tertiary/aromatic N) is 4. The lowest BCUT2D eigenvalue weighted by molar-refractivity contribution is 0.0629. The Bertz CT molecular complexity index is 665. The Kier molecular flexibility index (Phi) is 5.10. The summed E-state index contributed by atoms with van der Waals surface area (Å²) in [6, 6.07) is 9.77. The highest BCUT2D eigenvalue weighted by molar-refractivity contribution is 5.67. The molecule has 1 fully saturated rings. The van der Waals surface area contributed by atoms with Crippen molar-refractivity contribution in [3.05, 3.63) is 36.2 Å². The Labute approximate surface area is 141 Å². The van der Waals surface area contributed by atoms with Gasteiger partial charge in [0.15, 0.2) is 0 Å². The van der Waals surface area contributed by atoms with Crippen LogP contribution in [-0.4, -0.2) is 58.8 Å². The monoisotopic (exact) mass is 330 g/mol. The summed E-state index contributed by atoms with van der Waals surface area (Å²) in [5.41, 5.74) is 0.937. The van der Waals surface area contributed by atoms with Crippen molar-refractivity contribution in [2.45, 2.75) is 19.9 Å². The predicted octanol–water partition coefficient (Wildman–Crippen LogP) is 2.57. The molecule has 3 rings (SSSR count). The maximum Gasteiger partial charge on any atom is 0.409 e. The fraction of sp³-hybridized carbons (Fsp3) is 0.471. The van der Waals surface area contributed by atoms with Gasteiger partial charge in [0.2, 0.25) is 11.7 Å². The third kappa shape index (κ3) is 3.56. The Morgan fingerprint density at radius 1 is 1.25 bits per heavy atom. The largest absolute Gasteiger partial charge is 0.450 e. The van der Waals surface area contributed by atoms with Gasteiger partial charge in [-0.25, -0.2) is 4.79 Å². The minimum atomic E-state index is -0.242. The highest BCUT2D eigenvalue weighted by Gasteiger charge is 2.28. The van der Waals surface area contributed by atoms with Gasteiger partial charge in [-0.1, -0.05) is 35.5 Å². The number of rotatable bonds is 4. The average Bonchev–Trinajstić information content (AvgIpc) is 3.12. The lowest BCUT2D eigenvalue weighted by Crippen LogP contribution is -2.49. The number of hydrogen-bond donors (Lipinski definition) is 0. The summed E-state index contributed by atoms with van der Waals surface area (Å²) in [4.78, 5) is 20.2. The van der Waals surface area contributed by atoms with Gasteiger partial charge in [0, 0.05) is 31.7 Å². The molecule has 1 aromatic carbocycles. The first-order valence-corrected chi connectivity index (χ1v) is 8.23. The summed E-state index contributed by atoms with van der Waals surface area (Å²) < 4.78 is 10.5. The van der Waals surface area contributed by atoms with Gasteiger partial charge in [0.25, 0.3) is 0 Å². The summed E-state index contributed by atoms with van der Waals surface area (Å²) in [6.07, 6.45) is -0.242. The Morgan fingerprint density at radius 3 is 2.62 bits per heavy atom. The minimum Gasteiger partial charge on any atom is -0.450 e. The van der Waals surface area contributed by atoms with Gasteiger partial charge in [-0.15, -0.1) is 0 Å². The smallest absolute Gasteiger partial charge is 0.409 e. The lowest BCUT2D eigenvalue weighted by atomic mass is 10.2. The molecule has 1 saturated heterocycles. The molecule has 1 atom stereocenters. The number of hydrogen-bond acceptors (Lipinski definition) is 6. The Hall–Kier alpha value is -2.41. The summed E-state index contributed by atoms with van der Waals surface area (Å²) in [5, 5.41) is 4.07. The number of carbonyl (C=O) groups is 1. The van der Waals surface area contributed by atoms with E-state index in [2.05, 4.69) is 15.0 Å². The van der Waals surface area contributed by atoms with Crippen LogP contribution in [0.5, 0.6) is 0 Å². The molecule has 1 amide bonds. The van der Waals surface area contributed by atoms with Crippen LogP contribution in [0.25, 0.3) is 11.4 Å². The van der Waals surface area contributed by atoms with Gasteiger partial charge in [-0.2, -0.15) is 4.98 Å². The molecule has 1 aliphatic heterocycles. The zero-order valence-corrected chi connectivity index (χ0v) is 14.0. The standard InChI is InChI=1S/C17H22N4O3/c1-3-23-17(22)21-11-9-20(10-12-21)13(2)16-18-15(19-24-16)14-7-5-4-6-8-14/h4-8,13H,3,9-12H2,1-2H3/t13-/m1/s1. The first-order chi connectivity index (χ1) is 11.7. The quantitative estimate of drug-likeness (QED) is 0.858. The molecule has 0 spiro atoms. The van der Waals surface area contributed by atoms with Crippen LogP contribution in [0.15, 0.2) is 34.9 Å². The van der Waals surface area contributed by atoms with Gasteiger partial charge in [0.1, 0.15) is 0 Å². The molecule has 1 aromatic heterocycles. The molecule has 7 heteroatoms. The minimum absolute atomic E-state index is 0.0132. The second kappa shape index (κ2) is 7.44. The zero-order valence-electron chi connectivity index (χ0n) is 14.0. The second-order valence-corrected chi connectivity index (χ2v) is 5.72. The fourth-order valence-electron chi connectivity index (χ4n) is 2.77. The first kappa shape index (κ1) is 16.4. The highest BCUT2D eigenvalue weighted by atomic mass is 16.6. The van der Waals surface area contributed by atoms with E-state index in [1.165, 1.54) is 0 Å². The van der Waals surface area contributed by atoms with Crippen molar-refractivity contribution >= 4 is 6.09 Å². The zero-order chi connectivity index (χ0) is 16.9. The highest BCUT2D eigenvalue weighted by Crippen LogP contribution is 2.23. The molecular formula is C17H22N4O3. The van der Waals surface area contributed by atoms with Gasteiger partial charge >= 0.3 is 6.09 Å². The van der Waals surface area contributed by atoms with Crippen LogP contribution in [0.4, 0.5) is 4.79 Å². The predicted molar refractivity (Wildman–Crippen MR) is 88.3 cm³/mol. The van der Waals surface area contributed by atoms with Crippen LogP contribution >= 0.6 is 0 Å². The summed E-state index contributed by atoms with van der Waals surface area (Å²) in [7, 11) is 0. The van der Waals surface area contributed by atoms with E-state index in [0.29, 0.717) is 31.4 Å². The molecule has 7 nitrogen and oxygen atoms in total. The Morgan fingerprint density at radius 2 is 1.96 bits per heavy atom. The summed E-state index contributed by atoms with van der Waals surface area (Å²) in [5.74, 6) is 1.20. The molecule has 2 aromatic rings.